The molecule has 1 heterocycles. The fourth-order valence-electron chi connectivity index (χ4n) is 1.92. The molecule has 0 bridgehead atoms. The van der Waals surface area contributed by atoms with Crippen LogP contribution in [0, 0.1) is 0 Å². The van der Waals surface area contributed by atoms with Gasteiger partial charge < -0.3 is 10.4 Å². The zero-order valence-corrected chi connectivity index (χ0v) is 10.6. The molecular weight excluding hydrogens is 226 g/mol. The van der Waals surface area contributed by atoms with Gasteiger partial charge in [-0.1, -0.05) is 19.1 Å². The molecule has 0 amide bonds. The van der Waals surface area contributed by atoms with Gasteiger partial charge in [0, 0.05) is 25.8 Å². The predicted molar refractivity (Wildman–Crippen MR) is 71.2 cm³/mol. The van der Waals surface area contributed by atoms with E-state index in [0.29, 0.717) is 5.75 Å². The van der Waals surface area contributed by atoms with E-state index in [1.807, 2.05) is 29.1 Å². The molecule has 2 aromatic rings. The maximum absolute atomic E-state index is 9.37. The molecular formula is C14H19N3O. The summed E-state index contributed by atoms with van der Waals surface area (Å²) in [6, 6.07) is 9.34. The van der Waals surface area contributed by atoms with Crippen LogP contribution in [0.5, 0.6) is 5.75 Å². The van der Waals surface area contributed by atoms with Crippen LogP contribution in [0.3, 0.4) is 0 Å². The summed E-state index contributed by atoms with van der Waals surface area (Å²) >= 11 is 0. The highest BCUT2D eigenvalue weighted by molar-refractivity contribution is 5.26. The molecule has 18 heavy (non-hydrogen) atoms. The van der Waals surface area contributed by atoms with E-state index < -0.39 is 0 Å². The van der Waals surface area contributed by atoms with Gasteiger partial charge in [0.2, 0.25) is 0 Å². The van der Waals surface area contributed by atoms with E-state index in [-0.39, 0.29) is 0 Å². The highest BCUT2D eigenvalue weighted by atomic mass is 16.3. The molecule has 0 saturated heterocycles. The lowest BCUT2D eigenvalue weighted by Crippen LogP contribution is -2.16. The number of rotatable bonds is 6. The Balaban J connectivity index is 1.86. The zero-order chi connectivity index (χ0) is 12.8. The van der Waals surface area contributed by atoms with Crippen LogP contribution in [0.15, 0.2) is 36.5 Å². The van der Waals surface area contributed by atoms with Gasteiger partial charge >= 0.3 is 0 Å². The Morgan fingerprint density at radius 2 is 2.17 bits per heavy atom. The largest absolute Gasteiger partial charge is 0.508 e. The average molecular weight is 245 g/mol. The summed E-state index contributed by atoms with van der Waals surface area (Å²) in [5, 5.41) is 17.0. The van der Waals surface area contributed by atoms with E-state index in [4.69, 9.17) is 0 Å². The van der Waals surface area contributed by atoms with Gasteiger partial charge in [-0.2, -0.15) is 5.10 Å². The first-order valence-corrected chi connectivity index (χ1v) is 6.29. The molecule has 0 radical (unpaired) electrons. The Morgan fingerprint density at radius 1 is 1.28 bits per heavy atom. The molecule has 2 rings (SSSR count). The highest BCUT2D eigenvalue weighted by Crippen LogP contribution is 2.10. The van der Waals surface area contributed by atoms with Gasteiger partial charge in [-0.25, -0.2) is 0 Å². The van der Waals surface area contributed by atoms with Crippen LogP contribution in [0.25, 0.3) is 0 Å². The summed E-state index contributed by atoms with van der Waals surface area (Å²) in [5.41, 5.74) is 2.27. The molecule has 1 aromatic carbocycles. The van der Waals surface area contributed by atoms with Gasteiger partial charge in [0.15, 0.2) is 0 Å². The van der Waals surface area contributed by atoms with Crippen molar-refractivity contribution >= 4 is 0 Å². The van der Waals surface area contributed by atoms with E-state index in [1.54, 1.807) is 12.1 Å². The Bertz CT molecular complexity index is 493. The van der Waals surface area contributed by atoms with E-state index in [2.05, 4.69) is 17.3 Å². The molecule has 4 nitrogen and oxygen atoms in total. The van der Waals surface area contributed by atoms with Crippen molar-refractivity contribution in [3.05, 3.63) is 47.8 Å². The van der Waals surface area contributed by atoms with Crippen LogP contribution in [-0.4, -0.2) is 14.9 Å². The van der Waals surface area contributed by atoms with Crippen LogP contribution in [0.2, 0.25) is 0 Å². The van der Waals surface area contributed by atoms with Crippen LogP contribution < -0.4 is 5.32 Å². The van der Waals surface area contributed by atoms with Crippen molar-refractivity contribution < 1.29 is 5.11 Å². The molecule has 0 unspecified atom stereocenters. The standard InChI is InChI=1S/C14H19N3O/c1-2-8-17-13(6-7-16-17)11-15-10-12-4-3-5-14(18)9-12/h3-7,9,15,18H,2,8,10-11H2,1H3. The first kappa shape index (κ1) is 12.6. The number of hydrogen-bond acceptors (Lipinski definition) is 3. The summed E-state index contributed by atoms with van der Waals surface area (Å²) in [5.74, 6) is 0.310. The van der Waals surface area contributed by atoms with Gasteiger partial charge in [0.05, 0.1) is 5.69 Å². The van der Waals surface area contributed by atoms with Crippen molar-refractivity contribution in [2.24, 2.45) is 0 Å². The second-order valence-corrected chi connectivity index (χ2v) is 4.32. The normalized spacial score (nSPS) is 10.7. The predicted octanol–water partition coefficient (Wildman–Crippen LogP) is 2.29. The monoisotopic (exact) mass is 245 g/mol. The number of nitrogens with zero attached hydrogens (tertiary/aromatic N) is 2. The maximum Gasteiger partial charge on any atom is 0.115 e. The summed E-state index contributed by atoms with van der Waals surface area (Å²) in [7, 11) is 0. The topological polar surface area (TPSA) is 50.1 Å². The van der Waals surface area contributed by atoms with Crippen LogP contribution >= 0.6 is 0 Å². The summed E-state index contributed by atoms with van der Waals surface area (Å²) in [4.78, 5) is 0. The zero-order valence-electron chi connectivity index (χ0n) is 10.6. The minimum atomic E-state index is 0.310. The number of aromatic nitrogens is 2. The number of nitrogens with one attached hydrogen (secondary N) is 1. The van der Waals surface area contributed by atoms with E-state index >= 15 is 0 Å². The van der Waals surface area contributed by atoms with Crippen molar-refractivity contribution in [3.8, 4) is 5.75 Å². The average Bonchev–Trinajstić information content (AvgIpc) is 2.78. The number of aromatic hydroxyl groups is 1. The van der Waals surface area contributed by atoms with Gasteiger partial charge in [-0.3, -0.25) is 4.68 Å². The van der Waals surface area contributed by atoms with Crippen LogP contribution in [0.1, 0.15) is 24.6 Å². The van der Waals surface area contributed by atoms with E-state index in [1.165, 1.54) is 5.69 Å². The second-order valence-electron chi connectivity index (χ2n) is 4.32. The molecule has 96 valence electrons. The number of phenolic OH excluding ortho intramolecular Hbond substituents is 1. The van der Waals surface area contributed by atoms with Crippen molar-refractivity contribution in [2.45, 2.75) is 33.0 Å². The quantitative estimate of drug-likeness (QED) is 0.821. The lowest BCUT2D eigenvalue weighted by Gasteiger charge is -2.08. The number of phenols is 1. The molecule has 0 spiro atoms. The van der Waals surface area contributed by atoms with Gasteiger partial charge in [-0.05, 0) is 30.2 Å². The van der Waals surface area contributed by atoms with E-state index in [0.717, 1.165) is 31.6 Å². The van der Waals surface area contributed by atoms with Crippen molar-refractivity contribution in [1.82, 2.24) is 15.1 Å². The first-order chi connectivity index (χ1) is 8.79. The molecule has 0 saturated carbocycles. The molecule has 2 N–H and O–H groups in total. The van der Waals surface area contributed by atoms with Gasteiger partial charge in [-0.15, -0.1) is 0 Å². The Labute approximate surface area is 107 Å². The molecule has 0 aliphatic rings. The Kier molecular flexibility index (Phi) is 4.36. The molecule has 0 atom stereocenters. The van der Waals surface area contributed by atoms with E-state index in [9.17, 15) is 5.11 Å². The lowest BCUT2D eigenvalue weighted by atomic mass is 10.2. The highest BCUT2D eigenvalue weighted by Gasteiger charge is 2.01. The molecule has 1 aromatic heterocycles. The Hall–Kier alpha value is -1.81. The SMILES string of the molecule is CCCn1nccc1CNCc1cccc(O)c1. The fraction of sp³-hybridized carbons (Fsp3) is 0.357. The third kappa shape index (κ3) is 3.34. The third-order valence-electron chi connectivity index (χ3n) is 2.79. The fourth-order valence-corrected chi connectivity index (χ4v) is 1.92. The molecule has 0 aliphatic carbocycles. The minimum Gasteiger partial charge on any atom is -0.508 e. The number of aryl methyl sites for hydroxylation is 1. The van der Waals surface area contributed by atoms with Gasteiger partial charge in [0.25, 0.3) is 0 Å². The summed E-state index contributed by atoms with van der Waals surface area (Å²) in [6.07, 6.45) is 2.92. The molecule has 0 aliphatic heterocycles. The van der Waals surface area contributed by atoms with Crippen molar-refractivity contribution in [2.75, 3.05) is 0 Å². The summed E-state index contributed by atoms with van der Waals surface area (Å²) in [6.45, 7) is 4.63. The van der Waals surface area contributed by atoms with Crippen molar-refractivity contribution in [3.63, 3.8) is 0 Å². The second kappa shape index (κ2) is 6.21. The van der Waals surface area contributed by atoms with Crippen LogP contribution in [0.4, 0.5) is 0 Å². The van der Waals surface area contributed by atoms with Gasteiger partial charge in [0.1, 0.15) is 5.75 Å². The number of benzene rings is 1. The minimum absolute atomic E-state index is 0.310. The summed E-state index contributed by atoms with van der Waals surface area (Å²) < 4.78 is 2.02. The van der Waals surface area contributed by atoms with Crippen LogP contribution in [-0.2, 0) is 19.6 Å². The molecule has 4 heteroatoms. The maximum atomic E-state index is 9.37. The first-order valence-electron chi connectivity index (χ1n) is 6.29. The Morgan fingerprint density at radius 3 is 2.94 bits per heavy atom. The lowest BCUT2D eigenvalue weighted by molar-refractivity contribution is 0.474. The smallest absolute Gasteiger partial charge is 0.115 e. The number of hydrogen-bond donors (Lipinski definition) is 2. The third-order valence-corrected chi connectivity index (χ3v) is 2.79. The van der Waals surface area contributed by atoms with Crippen molar-refractivity contribution in [1.29, 1.82) is 0 Å². The molecule has 0 fully saturated rings.